The van der Waals surface area contributed by atoms with E-state index in [2.05, 4.69) is 0 Å². The lowest BCUT2D eigenvalue weighted by molar-refractivity contribution is -0.136. The third-order valence-corrected chi connectivity index (χ3v) is 3.35. The quantitative estimate of drug-likeness (QED) is 0.814. The number of fused-ring (bicyclic) bond motifs is 1. The highest BCUT2D eigenvalue weighted by Gasteiger charge is 2.34. The van der Waals surface area contributed by atoms with Gasteiger partial charge >= 0.3 is 6.18 Å². The Labute approximate surface area is 101 Å². The molecule has 1 N–H and O–H groups in total. The zero-order chi connectivity index (χ0) is 13.6. The summed E-state index contributed by atoms with van der Waals surface area (Å²) in [5, 5.41) is -0.421. The summed E-state index contributed by atoms with van der Waals surface area (Å²) in [4.78, 5) is -0.743. The second-order valence-electron chi connectivity index (χ2n) is 3.63. The van der Waals surface area contributed by atoms with E-state index >= 15 is 0 Å². The summed E-state index contributed by atoms with van der Waals surface area (Å²) < 4.78 is 69.6. The number of rotatable bonds is 1. The van der Waals surface area contributed by atoms with Gasteiger partial charge in [-0.25, -0.2) is 0 Å². The van der Waals surface area contributed by atoms with E-state index in [-0.39, 0.29) is 5.39 Å². The third-order valence-electron chi connectivity index (χ3n) is 2.45. The van der Waals surface area contributed by atoms with Crippen molar-refractivity contribution in [3.8, 4) is 0 Å². The van der Waals surface area contributed by atoms with E-state index in [4.69, 9.17) is 4.55 Å². The molecule has 2 aromatic carbocycles. The summed E-state index contributed by atoms with van der Waals surface area (Å²) >= 11 is 0. The van der Waals surface area contributed by atoms with Gasteiger partial charge in [0.15, 0.2) is 0 Å². The normalized spacial score (nSPS) is 12.9. The van der Waals surface area contributed by atoms with Crippen LogP contribution >= 0.6 is 0 Å². The maximum atomic E-state index is 12.8. The number of halogens is 3. The molecule has 0 saturated heterocycles. The van der Waals surface area contributed by atoms with Crippen LogP contribution in [0.15, 0.2) is 41.3 Å². The van der Waals surface area contributed by atoms with Crippen LogP contribution in [0.1, 0.15) is 5.56 Å². The number of benzene rings is 2. The molecule has 0 heterocycles. The predicted octanol–water partition coefficient (Wildman–Crippen LogP) is 3.11. The van der Waals surface area contributed by atoms with E-state index in [9.17, 15) is 21.6 Å². The van der Waals surface area contributed by atoms with Gasteiger partial charge in [-0.15, -0.1) is 0 Å². The van der Waals surface area contributed by atoms with E-state index in [1.807, 2.05) is 0 Å². The molecule has 18 heavy (non-hydrogen) atoms. The highest BCUT2D eigenvalue weighted by molar-refractivity contribution is 7.86. The molecular formula is C11H7F3O3S. The summed E-state index contributed by atoms with van der Waals surface area (Å²) in [5.41, 5.74) is -1.09. The van der Waals surface area contributed by atoms with Crippen LogP contribution in [0, 0.1) is 0 Å². The van der Waals surface area contributed by atoms with E-state index in [1.54, 1.807) is 0 Å². The fraction of sp³-hybridized carbons (Fsp3) is 0.0909. The third kappa shape index (κ3) is 2.19. The fourth-order valence-corrected chi connectivity index (χ4v) is 2.49. The summed E-state index contributed by atoms with van der Waals surface area (Å²) in [7, 11) is -4.71. The molecule has 0 aliphatic heterocycles. The minimum atomic E-state index is -4.71. The summed E-state index contributed by atoms with van der Waals surface area (Å²) in [5.74, 6) is 0. The fourth-order valence-electron chi connectivity index (χ4n) is 1.76. The Balaban J connectivity index is 2.99. The molecule has 3 nitrogen and oxygen atoms in total. The summed E-state index contributed by atoms with van der Waals surface area (Å²) in [6.07, 6.45) is -4.69. The highest BCUT2D eigenvalue weighted by atomic mass is 32.2. The largest absolute Gasteiger partial charge is 0.417 e. The molecule has 0 aromatic heterocycles. The van der Waals surface area contributed by atoms with Crippen molar-refractivity contribution in [3.63, 3.8) is 0 Å². The monoisotopic (exact) mass is 276 g/mol. The van der Waals surface area contributed by atoms with Gasteiger partial charge in [0.25, 0.3) is 10.1 Å². The van der Waals surface area contributed by atoms with Gasteiger partial charge in [0, 0.05) is 5.39 Å². The van der Waals surface area contributed by atoms with Gasteiger partial charge in [-0.2, -0.15) is 21.6 Å². The first-order valence-electron chi connectivity index (χ1n) is 4.78. The molecule has 0 unspecified atom stereocenters. The smallest absolute Gasteiger partial charge is 0.282 e. The van der Waals surface area contributed by atoms with E-state index in [0.29, 0.717) is 0 Å². The van der Waals surface area contributed by atoms with Crippen molar-refractivity contribution in [2.45, 2.75) is 11.1 Å². The van der Waals surface area contributed by atoms with Gasteiger partial charge in [-0.05, 0) is 17.5 Å². The zero-order valence-corrected chi connectivity index (χ0v) is 9.59. The molecular weight excluding hydrogens is 269 g/mol. The molecule has 7 heteroatoms. The predicted molar refractivity (Wildman–Crippen MR) is 58.8 cm³/mol. The maximum Gasteiger partial charge on any atom is 0.417 e. The molecule has 0 amide bonds. The molecule has 0 saturated carbocycles. The average molecular weight is 276 g/mol. The number of hydrogen-bond acceptors (Lipinski definition) is 2. The first kappa shape index (κ1) is 12.8. The van der Waals surface area contributed by atoms with Crippen molar-refractivity contribution >= 4 is 20.9 Å². The van der Waals surface area contributed by atoms with Crippen LogP contribution in [0.3, 0.4) is 0 Å². The first-order chi connectivity index (χ1) is 8.21. The van der Waals surface area contributed by atoms with Gasteiger partial charge in [0.2, 0.25) is 0 Å². The molecule has 96 valence electrons. The van der Waals surface area contributed by atoms with Crippen molar-refractivity contribution in [3.05, 3.63) is 42.0 Å². The lowest BCUT2D eigenvalue weighted by atomic mass is 10.0. The summed E-state index contributed by atoms with van der Waals surface area (Å²) in [6.45, 7) is 0. The molecule has 0 bridgehead atoms. The second kappa shape index (κ2) is 3.96. The molecule has 0 spiro atoms. The van der Waals surface area contributed by atoms with E-state index in [1.165, 1.54) is 24.3 Å². The van der Waals surface area contributed by atoms with Crippen LogP contribution in [-0.2, 0) is 16.3 Å². The van der Waals surface area contributed by atoms with Crippen molar-refractivity contribution in [1.29, 1.82) is 0 Å². The number of alkyl halides is 3. The van der Waals surface area contributed by atoms with Crippen molar-refractivity contribution in [2.75, 3.05) is 0 Å². The zero-order valence-electron chi connectivity index (χ0n) is 8.77. The molecule has 2 rings (SSSR count). The van der Waals surface area contributed by atoms with E-state index in [0.717, 1.165) is 12.1 Å². The average Bonchev–Trinajstić information content (AvgIpc) is 2.24. The van der Waals surface area contributed by atoms with E-state index < -0.39 is 32.1 Å². The van der Waals surface area contributed by atoms with Gasteiger partial charge in [-0.1, -0.05) is 24.3 Å². The topological polar surface area (TPSA) is 54.4 Å². The molecule has 0 aliphatic carbocycles. The number of hydrogen-bond donors (Lipinski definition) is 1. The van der Waals surface area contributed by atoms with Crippen LogP contribution in [-0.4, -0.2) is 13.0 Å². The highest BCUT2D eigenvalue weighted by Crippen LogP contribution is 2.37. The van der Waals surface area contributed by atoms with Gasteiger partial charge in [-0.3, -0.25) is 4.55 Å². The first-order valence-corrected chi connectivity index (χ1v) is 6.22. The SMILES string of the molecule is O=S(=O)(O)c1cccc2cccc(C(F)(F)F)c12. The van der Waals surface area contributed by atoms with Crippen LogP contribution in [0.4, 0.5) is 13.2 Å². The van der Waals surface area contributed by atoms with Gasteiger partial charge in [0.1, 0.15) is 4.90 Å². The molecule has 0 aliphatic rings. The Bertz CT molecular complexity index is 700. The Morgan fingerprint density at radius 1 is 1.00 bits per heavy atom. The minimum absolute atomic E-state index is 0.0972. The second-order valence-corrected chi connectivity index (χ2v) is 5.02. The van der Waals surface area contributed by atoms with Gasteiger partial charge < -0.3 is 0 Å². The lowest BCUT2D eigenvalue weighted by Gasteiger charge is -2.12. The maximum absolute atomic E-state index is 12.8. The van der Waals surface area contributed by atoms with Crippen molar-refractivity contribution in [1.82, 2.24) is 0 Å². The Hall–Kier alpha value is -1.60. The lowest BCUT2D eigenvalue weighted by Crippen LogP contribution is -2.08. The van der Waals surface area contributed by atoms with Crippen LogP contribution < -0.4 is 0 Å². The van der Waals surface area contributed by atoms with Crippen molar-refractivity contribution in [2.24, 2.45) is 0 Å². The Morgan fingerprint density at radius 2 is 1.56 bits per heavy atom. The Morgan fingerprint density at radius 3 is 2.06 bits per heavy atom. The summed E-state index contributed by atoms with van der Waals surface area (Å²) in [6, 6.07) is 6.85. The van der Waals surface area contributed by atoms with Crippen LogP contribution in [0.25, 0.3) is 10.8 Å². The Kier molecular flexibility index (Phi) is 2.83. The molecule has 0 radical (unpaired) electrons. The minimum Gasteiger partial charge on any atom is -0.282 e. The standard InChI is InChI=1S/C11H7F3O3S/c12-11(13,14)8-5-1-3-7-4-2-6-9(10(7)8)18(15,16)17/h1-6H,(H,15,16,17). The molecule has 2 aromatic rings. The van der Waals surface area contributed by atoms with Gasteiger partial charge in [0.05, 0.1) is 5.56 Å². The molecule has 0 fully saturated rings. The van der Waals surface area contributed by atoms with Crippen LogP contribution in [0.2, 0.25) is 0 Å². The van der Waals surface area contributed by atoms with Crippen LogP contribution in [0.5, 0.6) is 0 Å². The molecule has 0 atom stereocenters. The van der Waals surface area contributed by atoms with Crippen molar-refractivity contribution < 1.29 is 26.1 Å².